The van der Waals surface area contributed by atoms with E-state index in [1.807, 2.05) is 6.92 Å². The van der Waals surface area contributed by atoms with E-state index >= 15 is 0 Å². The molecule has 2 aromatic heterocycles. The Bertz CT molecular complexity index is 3330. The molecule has 1 atom stereocenters. The highest BCUT2D eigenvalue weighted by atomic mass is 79.9. The second-order valence-corrected chi connectivity index (χ2v) is 23.5. The first-order valence-electron chi connectivity index (χ1n) is 15.8. The largest absolute Gasteiger partial charge is 0.404 e. The van der Waals surface area contributed by atoms with Crippen molar-refractivity contribution in [3.05, 3.63) is 108 Å². The molecule has 0 saturated carbocycles. The van der Waals surface area contributed by atoms with Crippen molar-refractivity contribution in [2.45, 2.75) is 12.8 Å². The molecule has 0 amide bonds. The quantitative estimate of drug-likeness (QED) is 0.0826. The Balaban J connectivity index is 1.47. The van der Waals surface area contributed by atoms with Gasteiger partial charge in [0.05, 0.1) is 95.2 Å². The predicted octanol–water partition coefficient (Wildman–Crippen LogP) is 15.0. The standard InChI is InChI=1S/C34H3Br11Cl4N8/c1-2-11(35)3-7(15(39)22(2)46)30-51-27-5-9(17(41)24(48)20(44)13(5)37)32-53-29-6-10(18(42)25(49)21(45)14(6)38)33-52-28-4-8(16(40)23(47)19(43)12(4)36)31-50-26(3)54(30)34(55(28)31,56(27)32)57(29)33/h1H3/q+2/t34-/m0/s1. The molecule has 12 rings (SSSR count). The van der Waals surface area contributed by atoms with Crippen LogP contribution < -0.4 is 11.0 Å². The van der Waals surface area contributed by atoms with Crippen molar-refractivity contribution >= 4 is 278 Å². The topological polar surface area (TPSA) is 65.3 Å². The fourth-order valence-electron chi connectivity index (χ4n) is 8.63. The van der Waals surface area contributed by atoms with Gasteiger partial charge >= 0.3 is 5.91 Å². The second kappa shape index (κ2) is 12.5. The predicted molar refractivity (Wildman–Crippen MR) is 263 cm³/mol. The molecule has 0 radical (unpaired) electrons. The van der Waals surface area contributed by atoms with Crippen LogP contribution in [0.3, 0.4) is 0 Å². The molecule has 23 heteroatoms. The number of aliphatic imine (C=N–C) groups is 2. The van der Waals surface area contributed by atoms with Crippen LogP contribution >= 0.6 is 222 Å². The lowest BCUT2D eigenvalue weighted by Gasteiger charge is -2.40. The van der Waals surface area contributed by atoms with Gasteiger partial charge in [0.15, 0.2) is 0 Å². The van der Waals surface area contributed by atoms with Gasteiger partial charge in [0.25, 0.3) is 23.3 Å². The maximum Gasteiger partial charge on any atom is 0.404 e. The van der Waals surface area contributed by atoms with Gasteiger partial charge in [0, 0.05) is 17.9 Å². The lowest BCUT2D eigenvalue weighted by Crippen LogP contribution is -2.71. The van der Waals surface area contributed by atoms with Crippen molar-refractivity contribution in [3.63, 3.8) is 0 Å². The van der Waals surface area contributed by atoms with Crippen LogP contribution in [-0.4, -0.2) is 41.6 Å². The molecule has 0 unspecified atom stereocenters. The van der Waals surface area contributed by atoms with Gasteiger partial charge in [-0.1, -0.05) is 66.4 Å². The van der Waals surface area contributed by atoms with Crippen molar-refractivity contribution in [3.8, 4) is 0 Å². The summed E-state index contributed by atoms with van der Waals surface area (Å²) in [4.78, 5) is 22.3. The van der Waals surface area contributed by atoms with Crippen LogP contribution in [0.4, 0.5) is 11.6 Å². The lowest BCUT2D eigenvalue weighted by atomic mass is 10.0. The van der Waals surface area contributed by atoms with Crippen molar-refractivity contribution in [1.29, 1.82) is 0 Å². The van der Waals surface area contributed by atoms with Crippen LogP contribution in [0.1, 0.15) is 27.8 Å². The molecule has 8 nitrogen and oxygen atoms in total. The third kappa shape index (κ3) is 4.21. The molecule has 0 aliphatic carbocycles. The molecule has 282 valence electrons. The first-order valence-corrected chi connectivity index (χ1v) is 26.0. The minimum absolute atomic E-state index is 0.462. The van der Waals surface area contributed by atoms with Crippen LogP contribution in [0, 0.1) is 6.92 Å². The fraction of sp³-hybridized carbons (Fsp3) is 0.0588. The van der Waals surface area contributed by atoms with E-state index in [4.69, 9.17) is 66.4 Å². The number of hydrogen-bond donors (Lipinski definition) is 0. The van der Waals surface area contributed by atoms with E-state index in [0.29, 0.717) is 111 Å². The molecular formula is C34H3Br11Cl4N8+2. The highest BCUT2D eigenvalue weighted by Gasteiger charge is 2.71. The maximum absolute atomic E-state index is 7.13. The van der Waals surface area contributed by atoms with Gasteiger partial charge in [-0.3, -0.25) is 0 Å². The molecule has 57 heavy (non-hydrogen) atoms. The van der Waals surface area contributed by atoms with Crippen molar-refractivity contribution in [1.82, 2.24) is 9.13 Å². The van der Waals surface area contributed by atoms with Gasteiger partial charge < -0.3 is 0 Å². The van der Waals surface area contributed by atoms with Crippen molar-refractivity contribution < 1.29 is 9.15 Å². The molecule has 0 saturated heterocycles. The summed E-state index contributed by atoms with van der Waals surface area (Å²) in [6.45, 7) is 1.97. The van der Waals surface area contributed by atoms with Gasteiger partial charge in [0.2, 0.25) is 22.6 Å². The summed E-state index contributed by atoms with van der Waals surface area (Å²) >= 11 is 70.9. The number of rotatable bonds is 0. The number of nitrogens with zero attached hydrogens (tertiary/aromatic N) is 8. The molecule has 0 bridgehead atoms. The molecular weight excluding hydrogens is 1540 g/mol. The van der Waals surface area contributed by atoms with Crippen LogP contribution in [0.25, 0.3) is 21.5 Å². The SMILES string of the molecule is Cc1c(Cl)c(Br)c2c(c1Br)C1=[N+]3C2=Nc2c4c(Br)c(Br)c(Cl)c(Br)c4c4n2[C@@]32n3c(c5c(Br)c(Cl)c(Br)c(Br)c5c3=NC3=[N+]2C(=N4)c2c(Br)c(Br)c(Cl)c(Br)c23)=N1. The van der Waals surface area contributed by atoms with Gasteiger partial charge in [0.1, 0.15) is 0 Å². The number of halogens is 15. The number of aromatic nitrogens is 2. The molecule has 8 heterocycles. The van der Waals surface area contributed by atoms with E-state index in [0.717, 1.165) is 53.8 Å². The summed E-state index contributed by atoms with van der Waals surface area (Å²) in [7, 11) is 0. The van der Waals surface area contributed by atoms with Gasteiger partial charge in [-0.15, -0.1) is 9.15 Å². The minimum atomic E-state index is -1.42. The maximum atomic E-state index is 7.13. The number of benzene rings is 4. The van der Waals surface area contributed by atoms with E-state index in [1.54, 1.807) is 0 Å². The summed E-state index contributed by atoms with van der Waals surface area (Å²) in [5.41, 5.74) is 5.06. The monoisotopic (exact) mass is 1530 g/mol. The molecule has 0 N–H and O–H groups in total. The molecule has 4 aromatic carbocycles. The minimum Gasteiger partial charge on any atom is -0.192 e. The fourth-order valence-corrected chi connectivity index (χ4v) is 16.5. The molecule has 1 spiro atoms. The summed E-state index contributed by atoms with van der Waals surface area (Å²) in [6.07, 6.45) is 0. The Hall–Kier alpha value is 0.680. The first kappa shape index (κ1) is 39.3. The molecule has 6 aliphatic heterocycles. The Morgan fingerprint density at radius 1 is 0.421 bits per heavy atom. The van der Waals surface area contributed by atoms with Crippen LogP contribution in [0.5, 0.6) is 0 Å². The van der Waals surface area contributed by atoms with Crippen LogP contribution in [0.2, 0.25) is 20.1 Å². The Morgan fingerprint density at radius 2 is 0.825 bits per heavy atom. The number of hydrogen-bond acceptors (Lipinski definition) is 4. The van der Waals surface area contributed by atoms with Gasteiger partial charge in [-0.25, -0.2) is 0 Å². The molecule has 6 aliphatic rings. The van der Waals surface area contributed by atoms with Crippen molar-refractivity contribution in [2.75, 3.05) is 0 Å². The highest BCUT2D eigenvalue weighted by molar-refractivity contribution is 9.14. The Morgan fingerprint density at radius 3 is 1.39 bits per heavy atom. The average molecular weight is 1540 g/mol. The van der Waals surface area contributed by atoms with Crippen LogP contribution in [-0.2, 0) is 5.91 Å². The zero-order chi connectivity index (χ0) is 40.1. The van der Waals surface area contributed by atoms with Gasteiger partial charge in [-0.2, -0.15) is 9.13 Å². The van der Waals surface area contributed by atoms with E-state index in [1.165, 1.54) is 0 Å². The first-order chi connectivity index (χ1) is 27.0. The zero-order valence-corrected chi connectivity index (χ0v) is 47.2. The summed E-state index contributed by atoms with van der Waals surface area (Å²) in [5.74, 6) is 2.13. The van der Waals surface area contributed by atoms with Crippen molar-refractivity contribution in [2.24, 2.45) is 20.0 Å². The Labute approximate surface area is 431 Å². The number of amidine groups is 4. The Kier molecular flexibility index (Phi) is 8.60. The smallest absolute Gasteiger partial charge is 0.192 e. The zero-order valence-electron chi connectivity index (χ0n) is 26.7. The van der Waals surface area contributed by atoms with E-state index < -0.39 is 5.91 Å². The average Bonchev–Trinajstić information content (AvgIpc) is 3.92. The second-order valence-electron chi connectivity index (χ2n) is 13.3. The van der Waals surface area contributed by atoms with E-state index in [-0.39, 0.29) is 0 Å². The normalized spacial score (nSPS) is 18.6. The number of fused-ring (bicyclic) bond motifs is 12. The summed E-state index contributed by atoms with van der Waals surface area (Å²) in [6, 6.07) is 0. The highest BCUT2D eigenvalue weighted by Crippen LogP contribution is 2.60. The molecule has 6 aromatic rings. The van der Waals surface area contributed by atoms with E-state index in [9.17, 15) is 0 Å². The lowest BCUT2D eigenvalue weighted by molar-refractivity contribution is -0.790. The molecule has 0 fully saturated rings. The van der Waals surface area contributed by atoms with Crippen LogP contribution in [0.15, 0.2) is 69.2 Å². The summed E-state index contributed by atoms with van der Waals surface area (Å²) < 4.78 is 16.0. The summed E-state index contributed by atoms with van der Waals surface area (Å²) in [5, 5.41) is 4.93. The third-order valence-electron chi connectivity index (χ3n) is 10.9. The van der Waals surface area contributed by atoms with E-state index in [2.05, 4.69) is 194 Å². The third-order valence-corrected chi connectivity index (χ3v) is 24.6. The van der Waals surface area contributed by atoms with Gasteiger partial charge in [-0.05, 0) is 188 Å².